The van der Waals surface area contributed by atoms with E-state index in [1.165, 1.54) is 0 Å². The van der Waals surface area contributed by atoms with Crippen molar-refractivity contribution in [1.29, 1.82) is 0 Å². The number of carbonyl (C=O) groups excluding carboxylic acids is 1. The lowest BCUT2D eigenvalue weighted by atomic mass is 9.97. The largest absolute Gasteiger partial charge is 0.460 e. The lowest BCUT2D eigenvalue weighted by Crippen LogP contribution is -2.34. The molecule has 0 fully saturated rings. The standard InChI is InChI=1S/C18H29NO2/c1-9-14(13-21-16(20)17(3,4)5)11-12-15(10-2)19-18(6,7)8/h9-12,19H,1-2,13H2,3-8H3/b14-11+,15-12+. The van der Waals surface area contributed by atoms with E-state index in [4.69, 9.17) is 4.74 Å². The van der Waals surface area contributed by atoms with Gasteiger partial charge in [0.05, 0.1) is 5.41 Å². The summed E-state index contributed by atoms with van der Waals surface area (Å²) < 4.78 is 5.27. The van der Waals surface area contributed by atoms with Gasteiger partial charge in [-0.05, 0) is 59.3 Å². The highest BCUT2D eigenvalue weighted by atomic mass is 16.5. The molecule has 1 N–H and O–H groups in total. The van der Waals surface area contributed by atoms with Gasteiger partial charge >= 0.3 is 5.97 Å². The van der Waals surface area contributed by atoms with E-state index < -0.39 is 5.41 Å². The highest BCUT2D eigenvalue weighted by molar-refractivity contribution is 5.75. The maximum Gasteiger partial charge on any atom is 0.311 e. The summed E-state index contributed by atoms with van der Waals surface area (Å²) in [6, 6.07) is 0. The number of esters is 1. The van der Waals surface area contributed by atoms with Gasteiger partial charge in [0.15, 0.2) is 0 Å². The summed E-state index contributed by atoms with van der Waals surface area (Å²) in [5.74, 6) is -0.226. The summed E-state index contributed by atoms with van der Waals surface area (Å²) in [5, 5.41) is 3.33. The summed E-state index contributed by atoms with van der Waals surface area (Å²) >= 11 is 0. The molecule has 0 bridgehead atoms. The number of hydrogen-bond acceptors (Lipinski definition) is 3. The van der Waals surface area contributed by atoms with Gasteiger partial charge in [0, 0.05) is 11.2 Å². The SMILES string of the molecule is C=C/C(=C\C=C(/C=C)NC(C)(C)C)COC(=O)C(C)(C)C. The van der Waals surface area contributed by atoms with Crippen LogP contribution in [0.4, 0.5) is 0 Å². The van der Waals surface area contributed by atoms with E-state index in [-0.39, 0.29) is 18.1 Å². The molecule has 0 aromatic rings. The summed E-state index contributed by atoms with van der Waals surface area (Å²) in [5.41, 5.74) is 1.20. The second-order valence-corrected chi connectivity index (χ2v) is 6.97. The Bertz CT molecular complexity index is 443. The third-order valence-corrected chi connectivity index (χ3v) is 2.46. The molecule has 0 saturated heterocycles. The Morgan fingerprint density at radius 1 is 1.05 bits per heavy atom. The molecule has 118 valence electrons. The zero-order valence-corrected chi connectivity index (χ0v) is 14.2. The summed E-state index contributed by atoms with van der Waals surface area (Å²) in [4.78, 5) is 11.7. The van der Waals surface area contributed by atoms with E-state index in [1.807, 2.05) is 32.9 Å². The maximum absolute atomic E-state index is 11.7. The van der Waals surface area contributed by atoms with Gasteiger partial charge in [0.2, 0.25) is 0 Å². The molecule has 0 rings (SSSR count). The Morgan fingerprint density at radius 2 is 1.62 bits per heavy atom. The number of hydrogen-bond donors (Lipinski definition) is 1. The summed E-state index contributed by atoms with van der Waals surface area (Å²) in [6.45, 7) is 19.5. The first kappa shape index (κ1) is 19.2. The van der Waals surface area contributed by atoms with E-state index in [0.29, 0.717) is 0 Å². The van der Waals surface area contributed by atoms with Gasteiger partial charge < -0.3 is 10.1 Å². The molecule has 0 aromatic carbocycles. The third-order valence-electron chi connectivity index (χ3n) is 2.46. The Kier molecular flexibility index (Phi) is 7.20. The molecule has 0 spiro atoms. The van der Waals surface area contributed by atoms with Gasteiger partial charge in [-0.3, -0.25) is 4.79 Å². The Hall–Kier alpha value is -1.77. The normalized spacial score (nSPS) is 13.6. The van der Waals surface area contributed by atoms with Gasteiger partial charge in [-0.15, -0.1) is 0 Å². The van der Waals surface area contributed by atoms with Crippen LogP contribution in [-0.4, -0.2) is 18.1 Å². The van der Waals surface area contributed by atoms with E-state index in [9.17, 15) is 4.79 Å². The molecule has 3 heteroatoms. The van der Waals surface area contributed by atoms with Crippen LogP contribution in [0.2, 0.25) is 0 Å². The van der Waals surface area contributed by atoms with E-state index >= 15 is 0 Å². The maximum atomic E-state index is 11.7. The Balaban J connectivity index is 4.83. The molecule has 0 aromatic heterocycles. The smallest absolute Gasteiger partial charge is 0.311 e. The fourth-order valence-electron chi connectivity index (χ4n) is 1.33. The van der Waals surface area contributed by atoms with Crippen molar-refractivity contribution in [2.75, 3.05) is 6.61 Å². The second-order valence-electron chi connectivity index (χ2n) is 6.97. The summed E-state index contributed by atoms with van der Waals surface area (Å²) in [7, 11) is 0. The molecule has 0 radical (unpaired) electrons. The van der Waals surface area contributed by atoms with E-state index in [1.54, 1.807) is 12.2 Å². The van der Waals surface area contributed by atoms with Crippen molar-refractivity contribution in [3.63, 3.8) is 0 Å². The molecular weight excluding hydrogens is 262 g/mol. The van der Waals surface area contributed by atoms with Crippen molar-refractivity contribution in [2.45, 2.75) is 47.1 Å². The van der Waals surface area contributed by atoms with Gasteiger partial charge in [0.25, 0.3) is 0 Å². The first-order valence-electron chi connectivity index (χ1n) is 7.11. The highest BCUT2D eigenvalue weighted by Crippen LogP contribution is 2.16. The van der Waals surface area contributed by atoms with E-state index in [2.05, 4.69) is 39.2 Å². The highest BCUT2D eigenvalue weighted by Gasteiger charge is 2.22. The Labute approximate surface area is 129 Å². The monoisotopic (exact) mass is 291 g/mol. The van der Waals surface area contributed by atoms with Gasteiger partial charge in [0.1, 0.15) is 6.61 Å². The molecular formula is C18H29NO2. The van der Waals surface area contributed by atoms with Crippen LogP contribution in [0.5, 0.6) is 0 Å². The van der Waals surface area contributed by atoms with Crippen molar-refractivity contribution in [3.8, 4) is 0 Å². The average Bonchev–Trinajstić information content (AvgIpc) is 2.34. The Morgan fingerprint density at radius 3 is 2.00 bits per heavy atom. The molecule has 0 heterocycles. The predicted octanol–water partition coefficient (Wildman–Crippen LogP) is 4.15. The minimum absolute atomic E-state index is 0.0408. The van der Waals surface area contributed by atoms with Crippen molar-refractivity contribution in [1.82, 2.24) is 5.32 Å². The van der Waals surface area contributed by atoms with Crippen molar-refractivity contribution >= 4 is 5.97 Å². The number of ether oxygens (including phenoxy) is 1. The number of rotatable bonds is 6. The molecule has 0 amide bonds. The van der Waals surface area contributed by atoms with Crippen LogP contribution in [-0.2, 0) is 9.53 Å². The number of allylic oxidation sites excluding steroid dienone is 3. The zero-order valence-electron chi connectivity index (χ0n) is 14.2. The van der Waals surface area contributed by atoms with E-state index in [0.717, 1.165) is 11.3 Å². The third kappa shape index (κ3) is 8.90. The molecule has 0 saturated carbocycles. The van der Waals surface area contributed by atoms with Crippen LogP contribution in [0.25, 0.3) is 0 Å². The van der Waals surface area contributed by atoms with Crippen LogP contribution in [0, 0.1) is 5.41 Å². The van der Waals surface area contributed by atoms with Crippen LogP contribution in [0.15, 0.2) is 48.7 Å². The molecule has 3 nitrogen and oxygen atoms in total. The second kappa shape index (κ2) is 7.87. The average molecular weight is 291 g/mol. The number of carbonyl (C=O) groups is 1. The van der Waals surface area contributed by atoms with Crippen LogP contribution >= 0.6 is 0 Å². The molecule has 0 unspecified atom stereocenters. The van der Waals surface area contributed by atoms with Crippen molar-refractivity contribution < 1.29 is 9.53 Å². The first-order chi connectivity index (χ1) is 9.49. The zero-order chi connectivity index (χ0) is 16.7. The van der Waals surface area contributed by atoms with Gasteiger partial charge in [-0.1, -0.05) is 25.3 Å². The molecule has 0 atom stereocenters. The molecule has 0 aliphatic carbocycles. The summed E-state index contributed by atoms with van der Waals surface area (Å²) in [6.07, 6.45) is 7.22. The minimum atomic E-state index is -0.498. The van der Waals surface area contributed by atoms with Crippen LogP contribution < -0.4 is 5.32 Å². The fraction of sp³-hybridized carbons (Fsp3) is 0.500. The quantitative estimate of drug-likeness (QED) is 0.590. The predicted molar refractivity (Wildman–Crippen MR) is 89.9 cm³/mol. The molecule has 21 heavy (non-hydrogen) atoms. The first-order valence-corrected chi connectivity index (χ1v) is 7.11. The fourth-order valence-corrected chi connectivity index (χ4v) is 1.33. The van der Waals surface area contributed by atoms with Gasteiger partial charge in [-0.25, -0.2) is 0 Å². The van der Waals surface area contributed by atoms with Crippen molar-refractivity contribution in [2.24, 2.45) is 5.41 Å². The van der Waals surface area contributed by atoms with Crippen LogP contribution in [0.3, 0.4) is 0 Å². The van der Waals surface area contributed by atoms with Crippen molar-refractivity contribution in [3.05, 3.63) is 48.7 Å². The topological polar surface area (TPSA) is 38.3 Å². The van der Waals surface area contributed by atoms with Crippen LogP contribution in [0.1, 0.15) is 41.5 Å². The minimum Gasteiger partial charge on any atom is -0.460 e. The molecule has 0 aliphatic rings. The van der Waals surface area contributed by atoms with Gasteiger partial charge in [-0.2, -0.15) is 0 Å². The lowest BCUT2D eigenvalue weighted by Gasteiger charge is -2.22. The lowest BCUT2D eigenvalue weighted by molar-refractivity contribution is -0.151. The number of nitrogens with one attached hydrogen (secondary N) is 1. The molecule has 0 aliphatic heterocycles.